The van der Waals surface area contributed by atoms with Gasteiger partial charge in [0.05, 0.1) is 12.7 Å². The lowest BCUT2D eigenvalue weighted by molar-refractivity contribution is -0.157. The van der Waals surface area contributed by atoms with Gasteiger partial charge in [-0.3, -0.25) is 4.79 Å². The topological polar surface area (TPSA) is 35.5 Å². The maximum Gasteiger partial charge on any atom is 0.302 e. The van der Waals surface area contributed by atoms with Gasteiger partial charge in [0.1, 0.15) is 6.10 Å². The zero-order chi connectivity index (χ0) is 10.8. The fourth-order valence-electron chi connectivity index (χ4n) is 1.71. The number of rotatable bonds is 1. The quantitative estimate of drug-likeness (QED) is 0.608. The van der Waals surface area contributed by atoms with Crippen LogP contribution in [0, 0.1) is 5.41 Å². The standard InChI is InChI=1S/C11H20O3/c1-8(12)14-9-5-6-13-10(7-9)11(2,3)4/h9-10H,5-7H2,1-4H3. The minimum atomic E-state index is -0.190. The molecule has 1 aliphatic rings. The first kappa shape index (κ1) is 11.5. The second kappa shape index (κ2) is 4.30. The monoisotopic (exact) mass is 200 g/mol. The van der Waals surface area contributed by atoms with Gasteiger partial charge < -0.3 is 9.47 Å². The first-order chi connectivity index (χ1) is 6.39. The van der Waals surface area contributed by atoms with Crippen molar-refractivity contribution in [1.29, 1.82) is 0 Å². The Morgan fingerprint density at radius 1 is 1.43 bits per heavy atom. The highest BCUT2D eigenvalue weighted by atomic mass is 16.6. The van der Waals surface area contributed by atoms with Crippen LogP contribution in [0.15, 0.2) is 0 Å². The average molecular weight is 200 g/mol. The van der Waals surface area contributed by atoms with Crippen molar-refractivity contribution in [2.75, 3.05) is 6.61 Å². The maximum absolute atomic E-state index is 10.8. The number of carbonyl (C=O) groups excluding carboxylic acids is 1. The third-order valence-electron chi connectivity index (χ3n) is 2.53. The Morgan fingerprint density at radius 2 is 2.07 bits per heavy atom. The van der Waals surface area contributed by atoms with Gasteiger partial charge in [0.2, 0.25) is 0 Å². The van der Waals surface area contributed by atoms with Crippen molar-refractivity contribution in [2.24, 2.45) is 5.41 Å². The summed E-state index contributed by atoms with van der Waals surface area (Å²) in [6.45, 7) is 8.59. The van der Waals surface area contributed by atoms with Gasteiger partial charge in [-0.2, -0.15) is 0 Å². The Balaban J connectivity index is 2.48. The number of ether oxygens (including phenoxy) is 2. The van der Waals surface area contributed by atoms with E-state index in [-0.39, 0.29) is 23.6 Å². The molecule has 0 aromatic carbocycles. The summed E-state index contributed by atoms with van der Waals surface area (Å²) in [5, 5.41) is 0. The summed E-state index contributed by atoms with van der Waals surface area (Å²) in [5.41, 5.74) is 0.124. The highest BCUT2D eigenvalue weighted by molar-refractivity contribution is 5.66. The third-order valence-corrected chi connectivity index (χ3v) is 2.53. The van der Waals surface area contributed by atoms with Crippen molar-refractivity contribution in [2.45, 2.75) is 52.7 Å². The minimum absolute atomic E-state index is 0.0467. The van der Waals surface area contributed by atoms with E-state index in [2.05, 4.69) is 20.8 Å². The van der Waals surface area contributed by atoms with Crippen LogP contribution in [-0.2, 0) is 14.3 Å². The van der Waals surface area contributed by atoms with Crippen LogP contribution in [0.3, 0.4) is 0 Å². The smallest absolute Gasteiger partial charge is 0.302 e. The van der Waals surface area contributed by atoms with Crippen molar-refractivity contribution in [1.82, 2.24) is 0 Å². The van der Waals surface area contributed by atoms with Crippen molar-refractivity contribution in [3.8, 4) is 0 Å². The van der Waals surface area contributed by atoms with Crippen LogP contribution < -0.4 is 0 Å². The molecule has 0 amide bonds. The number of hydrogen-bond donors (Lipinski definition) is 0. The molecule has 14 heavy (non-hydrogen) atoms. The van der Waals surface area contributed by atoms with Crippen molar-refractivity contribution < 1.29 is 14.3 Å². The van der Waals surface area contributed by atoms with E-state index in [1.807, 2.05) is 0 Å². The number of hydrogen-bond acceptors (Lipinski definition) is 3. The van der Waals surface area contributed by atoms with Crippen molar-refractivity contribution in [3.63, 3.8) is 0 Å². The highest BCUT2D eigenvalue weighted by Gasteiger charge is 2.32. The summed E-state index contributed by atoms with van der Waals surface area (Å²) in [6.07, 6.45) is 1.89. The summed E-state index contributed by atoms with van der Waals surface area (Å²) in [4.78, 5) is 10.8. The van der Waals surface area contributed by atoms with Crippen LogP contribution in [0.25, 0.3) is 0 Å². The van der Waals surface area contributed by atoms with E-state index < -0.39 is 0 Å². The molecule has 82 valence electrons. The van der Waals surface area contributed by atoms with Crippen molar-refractivity contribution >= 4 is 5.97 Å². The van der Waals surface area contributed by atoms with Crippen molar-refractivity contribution in [3.05, 3.63) is 0 Å². The zero-order valence-electron chi connectivity index (χ0n) is 9.50. The van der Waals surface area contributed by atoms with Gasteiger partial charge in [0.15, 0.2) is 0 Å². The van der Waals surface area contributed by atoms with Gasteiger partial charge >= 0.3 is 5.97 Å². The Labute approximate surface area is 85.8 Å². The molecule has 1 fully saturated rings. The molecule has 0 spiro atoms. The van der Waals surface area contributed by atoms with E-state index in [4.69, 9.17) is 9.47 Å². The van der Waals surface area contributed by atoms with E-state index in [0.717, 1.165) is 12.8 Å². The minimum Gasteiger partial charge on any atom is -0.462 e. The van der Waals surface area contributed by atoms with Gasteiger partial charge in [-0.25, -0.2) is 0 Å². The highest BCUT2D eigenvalue weighted by Crippen LogP contribution is 2.30. The molecule has 2 unspecified atom stereocenters. The summed E-state index contributed by atoms with van der Waals surface area (Å²) in [6, 6.07) is 0. The van der Waals surface area contributed by atoms with Gasteiger partial charge in [0, 0.05) is 19.8 Å². The lowest BCUT2D eigenvalue weighted by Crippen LogP contribution is -2.39. The van der Waals surface area contributed by atoms with Crippen LogP contribution in [0.1, 0.15) is 40.5 Å². The molecule has 2 atom stereocenters. The summed E-state index contributed by atoms with van der Waals surface area (Å²) in [7, 11) is 0. The molecule has 1 heterocycles. The Morgan fingerprint density at radius 3 is 2.57 bits per heavy atom. The lowest BCUT2D eigenvalue weighted by Gasteiger charge is -2.37. The van der Waals surface area contributed by atoms with Gasteiger partial charge in [-0.15, -0.1) is 0 Å². The predicted octanol–water partition coefficient (Wildman–Crippen LogP) is 2.14. The number of esters is 1. The predicted molar refractivity (Wildman–Crippen MR) is 54.0 cm³/mol. The van der Waals surface area contributed by atoms with E-state index in [1.165, 1.54) is 6.92 Å². The molecule has 3 nitrogen and oxygen atoms in total. The van der Waals surface area contributed by atoms with E-state index in [1.54, 1.807) is 0 Å². The molecule has 0 N–H and O–H groups in total. The first-order valence-electron chi connectivity index (χ1n) is 5.18. The molecule has 0 aromatic heterocycles. The molecule has 3 heteroatoms. The third kappa shape index (κ3) is 3.29. The van der Waals surface area contributed by atoms with Crippen LogP contribution in [-0.4, -0.2) is 24.8 Å². The molecule has 1 aliphatic heterocycles. The molecule has 0 aliphatic carbocycles. The normalized spacial score (nSPS) is 28.6. The molecule has 1 saturated heterocycles. The fraction of sp³-hybridized carbons (Fsp3) is 0.909. The molecule has 0 radical (unpaired) electrons. The van der Waals surface area contributed by atoms with Crippen LogP contribution in [0.5, 0.6) is 0 Å². The van der Waals surface area contributed by atoms with Crippen LogP contribution in [0.4, 0.5) is 0 Å². The maximum atomic E-state index is 10.8. The van der Waals surface area contributed by atoms with Crippen LogP contribution in [0.2, 0.25) is 0 Å². The fourth-order valence-corrected chi connectivity index (χ4v) is 1.71. The molecular weight excluding hydrogens is 180 g/mol. The SMILES string of the molecule is CC(=O)OC1CCOC(C(C)(C)C)C1. The molecule has 0 bridgehead atoms. The summed E-state index contributed by atoms with van der Waals surface area (Å²) in [5.74, 6) is -0.190. The van der Waals surface area contributed by atoms with Crippen LogP contribution >= 0.6 is 0 Å². The summed E-state index contributed by atoms with van der Waals surface area (Å²) >= 11 is 0. The number of carbonyl (C=O) groups is 1. The van der Waals surface area contributed by atoms with Gasteiger partial charge in [-0.1, -0.05) is 20.8 Å². The van der Waals surface area contributed by atoms with E-state index in [9.17, 15) is 4.79 Å². The second-order valence-electron chi connectivity index (χ2n) is 4.98. The Kier molecular flexibility index (Phi) is 3.53. The molecular formula is C11H20O3. The van der Waals surface area contributed by atoms with E-state index >= 15 is 0 Å². The molecule has 0 saturated carbocycles. The molecule has 0 aromatic rings. The summed E-state index contributed by atoms with van der Waals surface area (Å²) < 4.78 is 10.9. The average Bonchev–Trinajstić information content (AvgIpc) is 2.01. The van der Waals surface area contributed by atoms with Gasteiger partial charge in [-0.05, 0) is 5.41 Å². The van der Waals surface area contributed by atoms with Gasteiger partial charge in [0.25, 0.3) is 0 Å². The Bertz CT molecular complexity index is 205. The largest absolute Gasteiger partial charge is 0.462 e. The Hall–Kier alpha value is -0.570. The lowest BCUT2D eigenvalue weighted by atomic mass is 9.84. The first-order valence-corrected chi connectivity index (χ1v) is 5.18. The zero-order valence-corrected chi connectivity index (χ0v) is 9.50. The van der Waals surface area contributed by atoms with E-state index in [0.29, 0.717) is 6.61 Å². The molecule has 1 rings (SSSR count). The second-order valence-corrected chi connectivity index (χ2v) is 4.98.